The van der Waals surface area contributed by atoms with Gasteiger partial charge in [0.2, 0.25) is 11.8 Å². The van der Waals surface area contributed by atoms with E-state index >= 15 is 0 Å². The number of para-hydroxylation sites is 2. The summed E-state index contributed by atoms with van der Waals surface area (Å²) in [5.41, 5.74) is 9.16. The van der Waals surface area contributed by atoms with Gasteiger partial charge in [0.15, 0.2) is 0 Å². The maximum atomic E-state index is 13.4. The Morgan fingerprint density at radius 1 is 0.882 bits per heavy atom. The predicted octanol–water partition coefficient (Wildman–Crippen LogP) is 4.30. The molecule has 2 heterocycles. The number of piperidine rings is 1. The molecule has 0 spiro atoms. The van der Waals surface area contributed by atoms with Crippen molar-refractivity contribution in [2.24, 2.45) is 11.7 Å². The summed E-state index contributed by atoms with van der Waals surface area (Å²) in [5.74, 6) is 0.782. The van der Waals surface area contributed by atoms with Gasteiger partial charge in [-0.25, -0.2) is 0 Å². The molecule has 174 valence electrons. The Kier molecular flexibility index (Phi) is 6.32. The molecule has 5 rings (SSSR count). The third-order valence-electron chi connectivity index (χ3n) is 6.87. The molecule has 0 bridgehead atoms. The number of amides is 2. The molecule has 3 N–H and O–H groups in total. The van der Waals surface area contributed by atoms with Crippen LogP contribution in [-0.2, 0) is 16.0 Å². The summed E-state index contributed by atoms with van der Waals surface area (Å²) in [5, 5.41) is 3.09. The van der Waals surface area contributed by atoms with Crippen molar-refractivity contribution in [1.29, 1.82) is 0 Å². The van der Waals surface area contributed by atoms with Gasteiger partial charge in [0.05, 0.1) is 5.92 Å². The van der Waals surface area contributed by atoms with Gasteiger partial charge in [0.25, 0.3) is 0 Å². The average molecular weight is 456 g/mol. The van der Waals surface area contributed by atoms with E-state index in [2.05, 4.69) is 22.3 Å². The first-order valence-corrected chi connectivity index (χ1v) is 11.9. The Hall–Kier alpha value is -3.64. The Labute approximate surface area is 199 Å². The molecule has 1 saturated heterocycles. The third-order valence-corrected chi connectivity index (χ3v) is 6.87. The molecule has 0 saturated carbocycles. The lowest BCUT2D eigenvalue weighted by atomic mass is 9.87. The second-order valence-electron chi connectivity index (χ2n) is 9.07. The summed E-state index contributed by atoms with van der Waals surface area (Å²) in [6, 6.07) is 23.5. The minimum Gasteiger partial charge on any atom is -0.457 e. The lowest BCUT2D eigenvalue weighted by Crippen LogP contribution is -2.39. The zero-order valence-corrected chi connectivity index (χ0v) is 19.1. The number of nitrogens with zero attached hydrogens (tertiary/aromatic N) is 1. The molecule has 2 amide bonds. The fourth-order valence-corrected chi connectivity index (χ4v) is 4.89. The van der Waals surface area contributed by atoms with Crippen molar-refractivity contribution >= 4 is 17.5 Å². The number of benzene rings is 3. The number of nitrogens with two attached hydrogens (primary N) is 1. The number of ether oxygens (including phenoxy) is 1. The van der Waals surface area contributed by atoms with Gasteiger partial charge in [-0.3, -0.25) is 9.59 Å². The Balaban J connectivity index is 1.22. The first kappa shape index (κ1) is 22.2. The summed E-state index contributed by atoms with van der Waals surface area (Å²) < 4.78 is 6.01. The van der Waals surface area contributed by atoms with Gasteiger partial charge in [-0.15, -0.1) is 0 Å². The molecule has 34 heavy (non-hydrogen) atoms. The topological polar surface area (TPSA) is 84.7 Å². The monoisotopic (exact) mass is 455 g/mol. The number of fused-ring (bicyclic) bond motifs is 2. The number of likely N-dealkylation sites (tertiary alicyclic amines) is 1. The van der Waals surface area contributed by atoms with Crippen LogP contribution in [0.2, 0.25) is 0 Å². The zero-order chi connectivity index (χ0) is 23.5. The fourth-order valence-electron chi connectivity index (χ4n) is 4.89. The molecular weight excluding hydrogens is 426 g/mol. The van der Waals surface area contributed by atoms with E-state index in [4.69, 9.17) is 10.5 Å². The molecule has 2 aliphatic heterocycles. The summed E-state index contributed by atoms with van der Waals surface area (Å²) in [4.78, 5) is 27.1. The summed E-state index contributed by atoms with van der Waals surface area (Å²) in [7, 11) is 0. The standard InChI is InChI=1S/C28H29N3O3/c29-27(32)20-14-17-31(18-15-20)16-13-19-9-11-21(12-10-19)30-28(33)26-22-5-1-3-7-24(22)34-25-8-4-2-6-23(25)26/h1-12,20,26H,13-18H2,(H2,29,32)(H,30,33). The van der Waals surface area contributed by atoms with Crippen molar-refractivity contribution in [1.82, 2.24) is 4.90 Å². The number of primary amides is 1. The van der Waals surface area contributed by atoms with E-state index in [1.165, 1.54) is 5.56 Å². The van der Waals surface area contributed by atoms with Crippen LogP contribution in [-0.4, -0.2) is 36.3 Å². The number of hydrogen-bond acceptors (Lipinski definition) is 4. The number of carbonyl (C=O) groups excluding carboxylic acids is 2. The number of nitrogens with one attached hydrogen (secondary N) is 1. The van der Waals surface area contributed by atoms with Gasteiger partial charge in [0.1, 0.15) is 11.5 Å². The average Bonchev–Trinajstić information content (AvgIpc) is 2.87. The SMILES string of the molecule is NC(=O)C1CCN(CCc2ccc(NC(=O)C3c4ccccc4Oc4ccccc43)cc2)CC1. The van der Waals surface area contributed by atoms with Crippen LogP contribution in [0.4, 0.5) is 5.69 Å². The highest BCUT2D eigenvalue weighted by molar-refractivity contribution is 5.99. The minimum atomic E-state index is -0.427. The second-order valence-corrected chi connectivity index (χ2v) is 9.07. The summed E-state index contributed by atoms with van der Waals surface area (Å²) in [6.45, 7) is 2.78. The van der Waals surface area contributed by atoms with E-state index in [1.807, 2.05) is 60.7 Å². The first-order valence-electron chi connectivity index (χ1n) is 11.9. The first-order chi connectivity index (χ1) is 16.6. The predicted molar refractivity (Wildman–Crippen MR) is 132 cm³/mol. The fraction of sp³-hybridized carbons (Fsp3) is 0.286. The normalized spacial score (nSPS) is 16.2. The highest BCUT2D eigenvalue weighted by Gasteiger charge is 2.32. The number of carbonyl (C=O) groups is 2. The molecule has 3 aromatic rings. The van der Waals surface area contributed by atoms with E-state index in [9.17, 15) is 9.59 Å². The maximum absolute atomic E-state index is 13.4. The molecule has 0 aromatic heterocycles. The molecule has 6 nitrogen and oxygen atoms in total. The molecule has 3 aromatic carbocycles. The minimum absolute atomic E-state index is 0.0220. The molecule has 1 fully saturated rings. The Morgan fingerprint density at radius 2 is 1.47 bits per heavy atom. The van der Waals surface area contributed by atoms with Gasteiger partial charge >= 0.3 is 0 Å². The molecule has 0 radical (unpaired) electrons. The number of hydrogen-bond donors (Lipinski definition) is 2. The van der Waals surface area contributed by atoms with Crippen LogP contribution in [0.5, 0.6) is 11.5 Å². The lowest BCUT2D eigenvalue weighted by molar-refractivity contribution is -0.123. The zero-order valence-electron chi connectivity index (χ0n) is 19.1. The number of anilines is 1. The Bertz CT molecular complexity index is 1140. The molecule has 0 atom stereocenters. The van der Waals surface area contributed by atoms with Crippen molar-refractivity contribution in [2.75, 3.05) is 25.0 Å². The van der Waals surface area contributed by atoms with Crippen molar-refractivity contribution in [3.05, 3.63) is 89.5 Å². The smallest absolute Gasteiger partial charge is 0.236 e. The molecule has 2 aliphatic rings. The van der Waals surface area contributed by atoms with Crippen LogP contribution >= 0.6 is 0 Å². The highest BCUT2D eigenvalue weighted by atomic mass is 16.5. The van der Waals surface area contributed by atoms with E-state index in [1.54, 1.807) is 0 Å². The van der Waals surface area contributed by atoms with Crippen LogP contribution in [0, 0.1) is 5.92 Å². The van der Waals surface area contributed by atoms with Crippen LogP contribution < -0.4 is 15.8 Å². The highest BCUT2D eigenvalue weighted by Crippen LogP contribution is 2.44. The van der Waals surface area contributed by atoms with Gasteiger partial charge in [-0.1, -0.05) is 48.5 Å². The third kappa shape index (κ3) is 4.68. The molecule has 0 aliphatic carbocycles. The van der Waals surface area contributed by atoms with Crippen LogP contribution in [0.25, 0.3) is 0 Å². The van der Waals surface area contributed by atoms with E-state index in [0.29, 0.717) is 0 Å². The van der Waals surface area contributed by atoms with Gasteiger partial charge in [0, 0.05) is 29.3 Å². The molecule has 0 unspecified atom stereocenters. The van der Waals surface area contributed by atoms with E-state index in [-0.39, 0.29) is 17.7 Å². The summed E-state index contributed by atoms with van der Waals surface area (Å²) >= 11 is 0. The van der Waals surface area contributed by atoms with Gasteiger partial charge in [-0.05, 0) is 62.2 Å². The maximum Gasteiger partial charge on any atom is 0.236 e. The van der Waals surface area contributed by atoms with Crippen LogP contribution in [0.3, 0.4) is 0 Å². The molecular formula is C28H29N3O3. The van der Waals surface area contributed by atoms with Crippen molar-refractivity contribution < 1.29 is 14.3 Å². The largest absolute Gasteiger partial charge is 0.457 e. The number of rotatable bonds is 6. The molecule has 6 heteroatoms. The van der Waals surface area contributed by atoms with E-state index in [0.717, 1.165) is 67.2 Å². The quantitative estimate of drug-likeness (QED) is 0.580. The van der Waals surface area contributed by atoms with Gasteiger partial charge in [-0.2, -0.15) is 0 Å². The second kappa shape index (κ2) is 9.69. The van der Waals surface area contributed by atoms with Crippen molar-refractivity contribution in [2.45, 2.75) is 25.2 Å². The van der Waals surface area contributed by atoms with Crippen molar-refractivity contribution in [3.8, 4) is 11.5 Å². The summed E-state index contributed by atoms with van der Waals surface area (Å²) in [6.07, 6.45) is 2.62. The van der Waals surface area contributed by atoms with E-state index < -0.39 is 5.92 Å². The van der Waals surface area contributed by atoms with Gasteiger partial charge < -0.3 is 20.7 Å². The Morgan fingerprint density at radius 3 is 2.06 bits per heavy atom. The van der Waals surface area contributed by atoms with Crippen molar-refractivity contribution in [3.63, 3.8) is 0 Å². The lowest BCUT2D eigenvalue weighted by Gasteiger charge is -2.30. The van der Waals surface area contributed by atoms with Crippen LogP contribution in [0.15, 0.2) is 72.8 Å². The van der Waals surface area contributed by atoms with Crippen LogP contribution in [0.1, 0.15) is 35.4 Å².